The second-order valence-electron chi connectivity index (χ2n) is 6.49. The Morgan fingerprint density at radius 2 is 1.70 bits per heavy atom. The lowest BCUT2D eigenvalue weighted by Crippen LogP contribution is -2.39. The summed E-state index contributed by atoms with van der Waals surface area (Å²) >= 11 is 12.2. The van der Waals surface area contributed by atoms with E-state index >= 15 is 0 Å². The van der Waals surface area contributed by atoms with Crippen molar-refractivity contribution in [3.63, 3.8) is 0 Å². The molecule has 0 atom stereocenters. The minimum absolute atomic E-state index is 0.538. The smallest absolute Gasteiger partial charge is 0.329 e. The standard InChI is InChI=1S/C19H20Cl2N4O2/c1-12-7-14(11-22-23-18(26)19(27)24-5-3-4-6-24)13(2)25(12)17-9-15(20)8-16(21)10-17/h7-11H,3-6H2,1-2H3,(H,23,26)/b22-11-. The summed E-state index contributed by atoms with van der Waals surface area (Å²) in [5, 5.41) is 5.04. The van der Waals surface area contributed by atoms with Gasteiger partial charge in [0, 0.05) is 45.8 Å². The fraction of sp³-hybridized carbons (Fsp3) is 0.316. The Balaban J connectivity index is 1.75. The van der Waals surface area contributed by atoms with Crippen molar-refractivity contribution in [1.29, 1.82) is 0 Å². The Hall–Kier alpha value is -2.31. The molecular formula is C19H20Cl2N4O2. The largest absolute Gasteiger partial charge is 0.334 e. The van der Waals surface area contributed by atoms with E-state index in [-0.39, 0.29) is 0 Å². The number of amides is 2. The van der Waals surface area contributed by atoms with Crippen molar-refractivity contribution in [3.8, 4) is 5.69 Å². The van der Waals surface area contributed by atoms with Crippen LogP contribution in [0.3, 0.4) is 0 Å². The molecule has 1 N–H and O–H groups in total. The van der Waals surface area contributed by atoms with Gasteiger partial charge in [-0.2, -0.15) is 5.10 Å². The van der Waals surface area contributed by atoms with E-state index in [0.29, 0.717) is 23.1 Å². The Bertz CT molecular complexity index is 894. The number of hydrazone groups is 1. The molecule has 0 bridgehead atoms. The van der Waals surface area contributed by atoms with Crippen LogP contribution in [0.15, 0.2) is 29.4 Å². The highest BCUT2D eigenvalue weighted by molar-refractivity contribution is 6.35. The number of hydrogen-bond acceptors (Lipinski definition) is 3. The summed E-state index contributed by atoms with van der Waals surface area (Å²) in [6.45, 7) is 5.13. The molecule has 2 aromatic rings. The average molecular weight is 407 g/mol. The minimum atomic E-state index is -0.719. The highest BCUT2D eigenvalue weighted by Crippen LogP contribution is 2.26. The number of rotatable bonds is 3. The van der Waals surface area contributed by atoms with Crippen LogP contribution >= 0.6 is 23.2 Å². The number of nitrogens with one attached hydrogen (secondary N) is 1. The van der Waals surface area contributed by atoms with Gasteiger partial charge >= 0.3 is 11.8 Å². The molecule has 0 saturated carbocycles. The molecule has 1 aromatic carbocycles. The molecule has 1 aromatic heterocycles. The van der Waals surface area contributed by atoms with E-state index in [1.807, 2.05) is 36.6 Å². The number of aromatic nitrogens is 1. The summed E-state index contributed by atoms with van der Waals surface area (Å²) < 4.78 is 2.00. The van der Waals surface area contributed by atoms with E-state index in [0.717, 1.165) is 35.5 Å². The van der Waals surface area contributed by atoms with Crippen molar-refractivity contribution in [2.45, 2.75) is 26.7 Å². The van der Waals surface area contributed by atoms with Crippen LogP contribution in [0.4, 0.5) is 0 Å². The third-order valence-corrected chi connectivity index (χ3v) is 4.97. The van der Waals surface area contributed by atoms with E-state index in [9.17, 15) is 9.59 Å². The second kappa shape index (κ2) is 8.15. The number of carbonyl (C=O) groups is 2. The molecule has 1 saturated heterocycles. The number of aryl methyl sites for hydroxylation is 1. The lowest BCUT2D eigenvalue weighted by atomic mass is 10.2. The Kier molecular flexibility index (Phi) is 5.87. The number of carbonyl (C=O) groups excluding carboxylic acids is 2. The van der Waals surface area contributed by atoms with Crippen molar-refractivity contribution >= 4 is 41.2 Å². The van der Waals surface area contributed by atoms with Crippen LogP contribution in [-0.4, -0.2) is 40.6 Å². The zero-order chi connectivity index (χ0) is 19.6. The monoisotopic (exact) mass is 406 g/mol. The number of nitrogens with zero attached hydrogens (tertiary/aromatic N) is 3. The molecule has 1 aliphatic rings. The molecule has 2 heterocycles. The van der Waals surface area contributed by atoms with Crippen LogP contribution in [0.1, 0.15) is 29.8 Å². The lowest BCUT2D eigenvalue weighted by Gasteiger charge is -2.12. The fourth-order valence-electron chi connectivity index (χ4n) is 3.26. The van der Waals surface area contributed by atoms with E-state index in [4.69, 9.17) is 23.2 Å². The molecule has 3 rings (SSSR count). The topological polar surface area (TPSA) is 66.7 Å². The van der Waals surface area contributed by atoms with Gasteiger partial charge in [-0.25, -0.2) is 5.43 Å². The molecule has 8 heteroatoms. The van der Waals surface area contributed by atoms with Gasteiger partial charge in [0.15, 0.2) is 0 Å². The maximum absolute atomic E-state index is 12.0. The molecule has 1 fully saturated rings. The van der Waals surface area contributed by atoms with Crippen LogP contribution < -0.4 is 5.43 Å². The number of benzene rings is 1. The average Bonchev–Trinajstić information content (AvgIpc) is 3.22. The SMILES string of the molecule is Cc1cc(/C=N\NC(=O)C(=O)N2CCCC2)c(C)n1-c1cc(Cl)cc(Cl)c1. The molecule has 2 amide bonds. The van der Waals surface area contributed by atoms with Crippen molar-refractivity contribution in [2.24, 2.45) is 5.10 Å². The van der Waals surface area contributed by atoms with Gasteiger partial charge in [-0.15, -0.1) is 0 Å². The van der Waals surface area contributed by atoms with Crippen molar-refractivity contribution in [1.82, 2.24) is 14.9 Å². The zero-order valence-corrected chi connectivity index (χ0v) is 16.6. The first-order valence-electron chi connectivity index (χ1n) is 8.64. The van der Waals surface area contributed by atoms with Crippen molar-refractivity contribution in [2.75, 3.05) is 13.1 Å². The molecule has 0 unspecified atom stereocenters. The van der Waals surface area contributed by atoms with Gasteiger partial charge in [-0.3, -0.25) is 9.59 Å². The first-order valence-corrected chi connectivity index (χ1v) is 9.40. The number of likely N-dealkylation sites (tertiary alicyclic amines) is 1. The lowest BCUT2D eigenvalue weighted by molar-refractivity contribution is -0.145. The molecule has 6 nitrogen and oxygen atoms in total. The summed E-state index contributed by atoms with van der Waals surface area (Å²) in [6.07, 6.45) is 3.39. The summed E-state index contributed by atoms with van der Waals surface area (Å²) in [5.74, 6) is -1.26. The van der Waals surface area contributed by atoms with Crippen molar-refractivity contribution in [3.05, 3.63) is 51.3 Å². The molecule has 27 heavy (non-hydrogen) atoms. The van der Waals surface area contributed by atoms with Gasteiger partial charge in [0.25, 0.3) is 0 Å². The fourth-order valence-corrected chi connectivity index (χ4v) is 3.77. The summed E-state index contributed by atoms with van der Waals surface area (Å²) in [6, 6.07) is 7.26. The number of halogens is 2. The van der Waals surface area contributed by atoms with Gasteiger partial charge in [-0.05, 0) is 51.0 Å². The third kappa shape index (κ3) is 4.34. The van der Waals surface area contributed by atoms with Crippen LogP contribution in [0.2, 0.25) is 10.0 Å². The van der Waals surface area contributed by atoms with Gasteiger partial charge in [-0.1, -0.05) is 23.2 Å². The normalized spacial score (nSPS) is 14.1. The zero-order valence-electron chi connectivity index (χ0n) is 15.1. The van der Waals surface area contributed by atoms with Gasteiger partial charge in [0.05, 0.1) is 6.21 Å². The third-order valence-electron chi connectivity index (χ3n) is 4.53. The van der Waals surface area contributed by atoms with Crippen LogP contribution in [0, 0.1) is 13.8 Å². The number of hydrogen-bond donors (Lipinski definition) is 1. The van der Waals surface area contributed by atoms with Gasteiger partial charge in [0.1, 0.15) is 0 Å². The van der Waals surface area contributed by atoms with Gasteiger partial charge < -0.3 is 9.47 Å². The minimum Gasteiger partial charge on any atom is -0.334 e. The second-order valence-corrected chi connectivity index (χ2v) is 7.36. The van der Waals surface area contributed by atoms with Crippen LogP contribution in [0.25, 0.3) is 5.69 Å². The predicted molar refractivity (Wildman–Crippen MR) is 107 cm³/mol. The Morgan fingerprint density at radius 1 is 1.07 bits per heavy atom. The summed E-state index contributed by atoms with van der Waals surface area (Å²) in [7, 11) is 0. The van der Waals surface area contributed by atoms with Crippen LogP contribution in [-0.2, 0) is 9.59 Å². The highest BCUT2D eigenvalue weighted by atomic mass is 35.5. The van der Waals surface area contributed by atoms with E-state index in [2.05, 4.69) is 10.5 Å². The first-order chi connectivity index (χ1) is 12.9. The van der Waals surface area contributed by atoms with E-state index in [1.54, 1.807) is 11.0 Å². The maximum atomic E-state index is 12.0. The van der Waals surface area contributed by atoms with Crippen LogP contribution in [0.5, 0.6) is 0 Å². The molecule has 0 radical (unpaired) electrons. The first kappa shape index (κ1) is 19.5. The molecule has 1 aliphatic heterocycles. The quantitative estimate of drug-likeness (QED) is 0.481. The molecule has 142 valence electrons. The highest BCUT2D eigenvalue weighted by Gasteiger charge is 2.24. The van der Waals surface area contributed by atoms with E-state index < -0.39 is 11.8 Å². The van der Waals surface area contributed by atoms with E-state index in [1.165, 1.54) is 6.21 Å². The van der Waals surface area contributed by atoms with Gasteiger partial charge in [0.2, 0.25) is 0 Å². The Labute approximate surface area is 167 Å². The molecule has 0 aliphatic carbocycles. The van der Waals surface area contributed by atoms with Crippen molar-refractivity contribution < 1.29 is 9.59 Å². The summed E-state index contributed by atoms with van der Waals surface area (Å²) in [4.78, 5) is 25.4. The maximum Gasteiger partial charge on any atom is 0.329 e. The Morgan fingerprint density at radius 3 is 2.33 bits per heavy atom. The molecule has 0 spiro atoms. The summed E-state index contributed by atoms with van der Waals surface area (Å²) in [5.41, 5.74) is 5.85. The molecular weight excluding hydrogens is 387 g/mol. The predicted octanol–water partition coefficient (Wildman–Crippen LogP) is 3.47.